The van der Waals surface area contributed by atoms with Crippen molar-refractivity contribution in [1.82, 2.24) is 15.6 Å². The number of halogens is 2. The molecule has 1 atom stereocenters. The SMILES string of the molecule is O=C(O)CC(NC(=O)CNC(=O)CCCCNc1ccccn1)c1ccc(-c2ccc(F)c(Cl)c2)cc1.[Na]. The van der Waals surface area contributed by atoms with Crippen LogP contribution in [0.15, 0.2) is 66.9 Å². The maximum absolute atomic E-state index is 13.4. The van der Waals surface area contributed by atoms with Crippen molar-refractivity contribution in [3.05, 3.63) is 83.3 Å². The fourth-order valence-corrected chi connectivity index (χ4v) is 3.80. The monoisotopic (exact) mass is 549 g/mol. The summed E-state index contributed by atoms with van der Waals surface area (Å²) < 4.78 is 13.4. The molecule has 38 heavy (non-hydrogen) atoms. The van der Waals surface area contributed by atoms with Gasteiger partial charge in [-0.15, -0.1) is 0 Å². The Labute approximate surface area is 247 Å². The molecule has 8 nitrogen and oxygen atoms in total. The van der Waals surface area contributed by atoms with Gasteiger partial charge in [0.1, 0.15) is 11.6 Å². The van der Waals surface area contributed by atoms with Crippen molar-refractivity contribution >= 4 is 64.8 Å². The maximum atomic E-state index is 13.4. The third-order valence-electron chi connectivity index (χ3n) is 5.53. The number of rotatable bonds is 13. The summed E-state index contributed by atoms with van der Waals surface area (Å²) in [6.45, 7) is 0.419. The van der Waals surface area contributed by atoms with Crippen LogP contribution in [0.25, 0.3) is 11.1 Å². The number of carboxylic acids is 1. The molecule has 4 N–H and O–H groups in total. The van der Waals surface area contributed by atoms with Crippen LogP contribution in [0.4, 0.5) is 10.2 Å². The number of carboxylic acid groups (broad SMARTS) is 1. The van der Waals surface area contributed by atoms with Gasteiger partial charge in [-0.1, -0.05) is 48.0 Å². The van der Waals surface area contributed by atoms with E-state index in [9.17, 15) is 23.9 Å². The van der Waals surface area contributed by atoms with Gasteiger partial charge in [0.25, 0.3) is 0 Å². The minimum absolute atomic E-state index is 0. The van der Waals surface area contributed by atoms with Crippen molar-refractivity contribution in [1.29, 1.82) is 0 Å². The summed E-state index contributed by atoms with van der Waals surface area (Å²) in [5, 5.41) is 17.7. The van der Waals surface area contributed by atoms with Gasteiger partial charge < -0.3 is 21.1 Å². The van der Waals surface area contributed by atoms with Crippen molar-refractivity contribution < 1.29 is 23.9 Å². The number of hydrogen-bond donors (Lipinski definition) is 4. The van der Waals surface area contributed by atoms with Crippen molar-refractivity contribution in [3.63, 3.8) is 0 Å². The number of unbranched alkanes of at least 4 members (excludes halogenated alkanes) is 1. The van der Waals surface area contributed by atoms with Gasteiger partial charge in [0.15, 0.2) is 0 Å². The van der Waals surface area contributed by atoms with E-state index in [0.717, 1.165) is 17.8 Å². The van der Waals surface area contributed by atoms with E-state index in [1.165, 1.54) is 12.1 Å². The number of aliphatic carboxylic acids is 1. The summed E-state index contributed by atoms with van der Waals surface area (Å²) in [5.41, 5.74) is 2.04. The molecule has 1 heterocycles. The number of nitrogens with zero attached hydrogens (tertiary/aromatic N) is 1. The van der Waals surface area contributed by atoms with Crippen LogP contribution in [0.5, 0.6) is 0 Å². The molecule has 1 aromatic heterocycles. The number of pyridine rings is 1. The molecule has 1 radical (unpaired) electrons. The second kappa shape index (κ2) is 16.1. The van der Waals surface area contributed by atoms with Crippen LogP contribution in [0, 0.1) is 5.82 Å². The van der Waals surface area contributed by atoms with Crippen molar-refractivity contribution in [3.8, 4) is 11.1 Å². The average Bonchev–Trinajstić information content (AvgIpc) is 2.89. The maximum Gasteiger partial charge on any atom is 0.305 e. The summed E-state index contributed by atoms with van der Waals surface area (Å²) in [7, 11) is 0. The topological polar surface area (TPSA) is 120 Å². The predicted octanol–water partition coefficient (Wildman–Crippen LogP) is 4.19. The first-order valence-electron chi connectivity index (χ1n) is 11.8. The van der Waals surface area contributed by atoms with Crippen LogP contribution in [0.1, 0.15) is 37.3 Å². The number of carbonyl (C=O) groups excluding carboxylic acids is 2. The average molecular weight is 550 g/mol. The molecule has 0 saturated heterocycles. The molecule has 1 unspecified atom stereocenters. The molecule has 195 valence electrons. The van der Waals surface area contributed by atoms with E-state index < -0.39 is 23.7 Å². The molecule has 0 bridgehead atoms. The van der Waals surface area contributed by atoms with Crippen LogP contribution < -0.4 is 16.0 Å². The Balaban J connectivity index is 0.00000507. The summed E-state index contributed by atoms with van der Waals surface area (Å²) in [4.78, 5) is 40.0. The normalized spacial score (nSPS) is 11.1. The predicted molar refractivity (Wildman–Crippen MR) is 145 cm³/mol. The number of hydrogen-bond acceptors (Lipinski definition) is 5. The Morgan fingerprint density at radius 3 is 2.37 bits per heavy atom. The molecular formula is C27H28ClFN4NaO4. The Morgan fingerprint density at radius 1 is 0.974 bits per heavy atom. The van der Waals surface area contributed by atoms with E-state index >= 15 is 0 Å². The van der Waals surface area contributed by atoms with Gasteiger partial charge in [0.05, 0.1) is 24.0 Å². The van der Waals surface area contributed by atoms with E-state index in [-0.39, 0.29) is 59.9 Å². The second-order valence-electron chi connectivity index (χ2n) is 8.34. The zero-order valence-electron chi connectivity index (χ0n) is 21.0. The number of nitrogens with one attached hydrogen (secondary N) is 3. The smallest absolute Gasteiger partial charge is 0.305 e. The molecule has 2 amide bonds. The molecule has 2 aromatic carbocycles. The molecule has 0 aliphatic rings. The largest absolute Gasteiger partial charge is 0.481 e. The molecule has 0 spiro atoms. The van der Waals surface area contributed by atoms with Crippen LogP contribution in [0.2, 0.25) is 5.02 Å². The molecule has 0 fully saturated rings. The molecular weight excluding hydrogens is 522 g/mol. The number of carbonyl (C=O) groups is 3. The van der Waals surface area contributed by atoms with Crippen LogP contribution in [-0.4, -0.2) is 70.5 Å². The third kappa shape index (κ3) is 10.4. The van der Waals surface area contributed by atoms with Gasteiger partial charge in [-0.3, -0.25) is 14.4 Å². The third-order valence-corrected chi connectivity index (χ3v) is 5.82. The second-order valence-corrected chi connectivity index (χ2v) is 8.75. The first-order valence-corrected chi connectivity index (χ1v) is 12.2. The van der Waals surface area contributed by atoms with Gasteiger partial charge >= 0.3 is 5.97 Å². The minimum Gasteiger partial charge on any atom is -0.481 e. The fraction of sp³-hybridized carbons (Fsp3) is 0.259. The Hall–Kier alpha value is -2.98. The first kappa shape index (κ1) is 31.2. The Morgan fingerprint density at radius 2 is 1.71 bits per heavy atom. The summed E-state index contributed by atoms with van der Waals surface area (Å²) in [6.07, 6.45) is 3.04. The van der Waals surface area contributed by atoms with Gasteiger partial charge in [-0.2, -0.15) is 0 Å². The first-order chi connectivity index (χ1) is 17.8. The standard InChI is InChI=1S/C27H28ClFN4O4.Na/c28-21-15-20(11-12-22(21)29)18-7-9-19(10-8-18)23(16-27(36)37)33-26(35)17-32-25(34)6-2-4-14-31-24-5-1-3-13-30-24;/h1,3,5,7-13,15,23H,2,4,6,14,16-17H2,(H,30,31)(H,32,34)(H,33,35)(H,36,37);. The Kier molecular flexibility index (Phi) is 13.2. The van der Waals surface area contributed by atoms with E-state index in [2.05, 4.69) is 20.9 Å². The summed E-state index contributed by atoms with van der Waals surface area (Å²) in [6, 6.07) is 16.0. The van der Waals surface area contributed by atoms with Crippen LogP contribution in [0.3, 0.4) is 0 Å². The van der Waals surface area contributed by atoms with Gasteiger partial charge in [0, 0.05) is 48.7 Å². The summed E-state index contributed by atoms with van der Waals surface area (Å²) >= 11 is 5.85. The molecule has 3 aromatic rings. The minimum atomic E-state index is -1.08. The molecule has 0 aliphatic heterocycles. The number of anilines is 1. The zero-order chi connectivity index (χ0) is 26.6. The van der Waals surface area contributed by atoms with Crippen molar-refractivity contribution in [2.45, 2.75) is 31.7 Å². The molecule has 0 saturated carbocycles. The van der Waals surface area contributed by atoms with Gasteiger partial charge in [0.2, 0.25) is 11.8 Å². The van der Waals surface area contributed by atoms with Crippen molar-refractivity contribution in [2.75, 3.05) is 18.4 Å². The summed E-state index contributed by atoms with van der Waals surface area (Å²) in [5.74, 6) is -1.58. The zero-order valence-corrected chi connectivity index (χ0v) is 23.8. The van der Waals surface area contributed by atoms with E-state index in [1.54, 1.807) is 36.5 Å². The quantitative estimate of drug-likeness (QED) is 0.187. The molecule has 3 rings (SSSR count). The van der Waals surface area contributed by atoms with Gasteiger partial charge in [-0.25, -0.2) is 9.37 Å². The van der Waals surface area contributed by atoms with Crippen molar-refractivity contribution in [2.24, 2.45) is 0 Å². The Bertz CT molecular complexity index is 1220. The van der Waals surface area contributed by atoms with Crippen LogP contribution >= 0.6 is 11.6 Å². The van der Waals surface area contributed by atoms with E-state index in [4.69, 9.17) is 11.6 Å². The number of aromatic nitrogens is 1. The molecule has 11 heteroatoms. The van der Waals surface area contributed by atoms with E-state index in [1.807, 2.05) is 18.2 Å². The van der Waals surface area contributed by atoms with E-state index in [0.29, 0.717) is 24.1 Å². The molecule has 0 aliphatic carbocycles. The van der Waals surface area contributed by atoms with Crippen LogP contribution in [-0.2, 0) is 14.4 Å². The number of amides is 2. The van der Waals surface area contributed by atoms with Gasteiger partial charge in [-0.05, 0) is 53.8 Å². The fourth-order valence-electron chi connectivity index (χ4n) is 3.62. The number of benzene rings is 2.